The molecule has 3 aromatic carbocycles. The molecular weight excluding hydrogens is 424 g/mol. The molecule has 0 unspecified atom stereocenters. The van der Waals surface area contributed by atoms with Gasteiger partial charge in [0.25, 0.3) is 0 Å². The van der Waals surface area contributed by atoms with Crippen LogP contribution in [0, 0.1) is 0 Å². The van der Waals surface area contributed by atoms with Crippen LogP contribution in [0.5, 0.6) is 0 Å². The predicted octanol–water partition coefficient (Wildman–Crippen LogP) is 4.79. The van der Waals surface area contributed by atoms with Crippen LogP contribution in [-0.4, -0.2) is 17.3 Å². The summed E-state index contributed by atoms with van der Waals surface area (Å²) in [5, 5.41) is 14.7. The molecule has 5 heteroatoms. The number of hydrogen-bond acceptors (Lipinski definition) is 4. The van der Waals surface area contributed by atoms with Gasteiger partial charge in [-0.15, -0.1) is 0 Å². The van der Waals surface area contributed by atoms with Gasteiger partial charge in [0, 0.05) is 27.3 Å². The first-order valence-electron chi connectivity index (χ1n) is 9.89. The highest BCUT2D eigenvalue weighted by Gasteiger charge is 2.32. The van der Waals surface area contributed by atoms with E-state index in [2.05, 4.69) is 0 Å². The summed E-state index contributed by atoms with van der Waals surface area (Å²) in [5.74, 6) is -1.42. The largest absolute Gasteiger partial charge is 0.872 e. The zero-order chi connectivity index (χ0) is 22.4. The first-order chi connectivity index (χ1) is 15.5. The minimum Gasteiger partial charge on any atom is -0.872 e. The average Bonchev–Trinajstić information content (AvgIpc) is 3.19. The first-order valence-corrected chi connectivity index (χ1v) is 10.3. The van der Waals surface area contributed by atoms with Crippen molar-refractivity contribution < 1.29 is 19.5 Å². The Hall–Kier alpha value is -4.02. The molecule has 0 spiro atoms. The summed E-state index contributed by atoms with van der Waals surface area (Å²) < 4.78 is 0. The van der Waals surface area contributed by atoms with Gasteiger partial charge in [0.2, 0.25) is 0 Å². The Kier molecular flexibility index (Phi) is 4.72. The second-order valence-electron chi connectivity index (χ2n) is 7.49. The van der Waals surface area contributed by atoms with Gasteiger partial charge in [-0.2, -0.15) is 0 Å². The molecule has 0 saturated heterocycles. The van der Waals surface area contributed by atoms with E-state index in [0.717, 1.165) is 10.8 Å². The summed E-state index contributed by atoms with van der Waals surface area (Å²) in [6.07, 6.45) is 5.55. The smallest absolute Gasteiger partial charge is 0.197 e. The van der Waals surface area contributed by atoms with Gasteiger partial charge in [0.15, 0.2) is 17.3 Å². The first kappa shape index (κ1) is 19.9. The van der Waals surface area contributed by atoms with Gasteiger partial charge in [-0.1, -0.05) is 72.0 Å². The van der Waals surface area contributed by atoms with Crippen molar-refractivity contribution in [2.45, 2.75) is 0 Å². The molecule has 154 valence electrons. The maximum Gasteiger partial charge on any atom is 0.197 e. The Morgan fingerprint density at radius 3 is 1.94 bits per heavy atom. The number of Topliss-reactive ketones (excluding diaryl/α,β-unsaturated/α-hetero) is 3. The molecule has 0 atom stereocenters. The maximum absolute atomic E-state index is 12.8. The Morgan fingerprint density at radius 1 is 0.750 bits per heavy atom. The SMILES string of the molecule is O=C1C(=C/C=C(Cl)\C=C\C2=C([O-])c3cc4ccccc4cc3C2=O)C(=O)c2ccccc21. The van der Waals surface area contributed by atoms with Crippen molar-refractivity contribution >= 4 is 45.5 Å². The molecule has 2 aliphatic carbocycles. The molecule has 0 heterocycles. The van der Waals surface area contributed by atoms with Crippen molar-refractivity contribution in [3.8, 4) is 0 Å². The Balaban J connectivity index is 1.42. The lowest BCUT2D eigenvalue weighted by atomic mass is 10.0. The van der Waals surface area contributed by atoms with E-state index in [4.69, 9.17) is 11.6 Å². The maximum atomic E-state index is 12.8. The van der Waals surface area contributed by atoms with Gasteiger partial charge in [-0.3, -0.25) is 14.4 Å². The van der Waals surface area contributed by atoms with Crippen LogP contribution in [0.1, 0.15) is 36.6 Å². The van der Waals surface area contributed by atoms with Crippen LogP contribution >= 0.6 is 11.6 Å². The second-order valence-corrected chi connectivity index (χ2v) is 7.92. The molecule has 3 aromatic rings. The molecule has 0 fully saturated rings. The number of benzene rings is 3. The lowest BCUT2D eigenvalue weighted by Crippen LogP contribution is -2.02. The lowest BCUT2D eigenvalue weighted by Gasteiger charge is -2.10. The Bertz CT molecular complexity index is 1450. The molecule has 0 bridgehead atoms. The fourth-order valence-electron chi connectivity index (χ4n) is 3.97. The number of carbonyl (C=O) groups is 3. The number of fused-ring (bicyclic) bond motifs is 3. The lowest BCUT2D eigenvalue weighted by molar-refractivity contribution is -0.244. The van der Waals surface area contributed by atoms with Crippen LogP contribution < -0.4 is 5.11 Å². The van der Waals surface area contributed by atoms with Crippen molar-refractivity contribution in [3.05, 3.63) is 123 Å². The van der Waals surface area contributed by atoms with E-state index in [1.807, 2.05) is 24.3 Å². The number of carbonyl (C=O) groups excluding carboxylic acids is 3. The summed E-state index contributed by atoms with van der Waals surface area (Å²) in [5.41, 5.74) is 1.52. The fraction of sp³-hybridized carbons (Fsp3) is 0. The zero-order valence-corrected chi connectivity index (χ0v) is 17.3. The van der Waals surface area contributed by atoms with Crippen molar-refractivity contribution in [3.63, 3.8) is 0 Å². The van der Waals surface area contributed by atoms with Crippen LogP contribution in [0.15, 0.2) is 101 Å². The number of hydrogen-bond donors (Lipinski definition) is 0. The monoisotopic (exact) mass is 437 g/mol. The summed E-state index contributed by atoms with van der Waals surface area (Å²) in [4.78, 5) is 37.6. The van der Waals surface area contributed by atoms with E-state index in [1.54, 1.807) is 36.4 Å². The average molecular weight is 438 g/mol. The quantitative estimate of drug-likeness (QED) is 0.335. The van der Waals surface area contributed by atoms with Gasteiger partial charge in [0.1, 0.15) is 0 Å². The highest BCUT2D eigenvalue weighted by molar-refractivity contribution is 6.39. The van der Waals surface area contributed by atoms with Crippen LogP contribution in [-0.2, 0) is 0 Å². The topological polar surface area (TPSA) is 74.3 Å². The summed E-state index contributed by atoms with van der Waals surface area (Å²) >= 11 is 6.21. The third kappa shape index (κ3) is 3.13. The van der Waals surface area contributed by atoms with Crippen molar-refractivity contribution in [2.24, 2.45) is 0 Å². The van der Waals surface area contributed by atoms with E-state index in [9.17, 15) is 19.5 Å². The minimum atomic E-state index is -0.355. The molecule has 0 aromatic heterocycles. The van der Waals surface area contributed by atoms with Gasteiger partial charge in [0.05, 0.1) is 5.57 Å². The Labute approximate surface area is 188 Å². The molecule has 4 nitrogen and oxygen atoms in total. The molecule has 2 aliphatic rings. The molecule has 0 N–H and O–H groups in total. The molecule has 0 radical (unpaired) electrons. The van der Waals surface area contributed by atoms with E-state index in [-0.39, 0.29) is 39.3 Å². The normalized spacial score (nSPS) is 15.8. The third-order valence-corrected chi connectivity index (χ3v) is 5.84. The van der Waals surface area contributed by atoms with Crippen LogP contribution in [0.2, 0.25) is 0 Å². The van der Waals surface area contributed by atoms with Gasteiger partial charge >= 0.3 is 0 Å². The minimum absolute atomic E-state index is 0.0231. The fourth-order valence-corrected chi connectivity index (χ4v) is 4.09. The van der Waals surface area contributed by atoms with Crippen molar-refractivity contribution in [2.75, 3.05) is 0 Å². The molecular formula is C27H14ClO4-. The van der Waals surface area contributed by atoms with Crippen molar-refractivity contribution in [1.29, 1.82) is 0 Å². The summed E-state index contributed by atoms with van der Waals surface area (Å²) in [6.45, 7) is 0. The number of halogens is 1. The van der Waals surface area contributed by atoms with Crippen LogP contribution in [0.25, 0.3) is 16.5 Å². The van der Waals surface area contributed by atoms with E-state index in [0.29, 0.717) is 22.3 Å². The third-order valence-electron chi connectivity index (χ3n) is 5.59. The van der Waals surface area contributed by atoms with E-state index >= 15 is 0 Å². The molecule has 0 saturated carbocycles. The van der Waals surface area contributed by atoms with Crippen LogP contribution in [0.4, 0.5) is 0 Å². The molecule has 0 aliphatic heterocycles. The summed E-state index contributed by atoms with van der Waals surface area (Å²) in [7, 11) is 0. The standard InChI is InChI=1S/C27H15ClO4/c28-17(9-11-20-24(29)18-7-3-4-8-19(18)25(20)30)10-12-21-26(31)22-13-15-5-1-2-6-16(15)14-23(22)27(21)32/h1-14,31H/p-1/b12-10+,17-9+. The molecule has 0 amide bonds. The van der Waals surface area contributed by atoms with Gasteiger partial charge < -0.3 is 5.11 Å². The van der Waals surface area contributed by atoms with Gasteiger partial charge in [-0.05, 0) is 46.7 Å². The van der Waals surface area contributed by atoms with Crippen molar-refractivity contribution in [1.82, 2.24) is 0 Å². The highest BCUT2D eigenvalue weighted by atomic mass is 35.5. The van der Waals surface area contributed by atoms with E-state index < -0.39 is 0 Å². The number of allylic oxidation sites excluding steroid dienone is 7. The number of rotatable bonds is 3. The molecule has 5 rings (SSSR count). The predicted molar refractivity (Wildman–Crippen MR) is 121 cm³/mol. The highest BCUT2D eigenvalue weighted by Crippen LogP contribution is 2.33. The summed E-state index contributed by atoms with van der Waals surface area (Å²) in [6, 6.07) is 17.6. The van der Waals surface area contributed by atoms with Crippen LogP contribution in [0.3, 0.4) is 0 Å². The van der Waals surface area contributed by atoms with Gasteiger partial charge in [-0.25, -0.2) is 0 Å². The van der Waals surface area contributed by atoms with E-state index in [1.165, 1.54) is 24.3 Å². The Morgan fingerprint density at radius 2 is 1.31 bits per heavy atom. The number of ketones is 3. The zero-order valence-electron chi connectivity index (χ0n) is 16.6. The molecule has 32 heavy (non-hydrogen) atoms. The second kappa shape index (κ2) is 7.59.